The van der Waals surface area contributed by atoms with Crippen LogP contribution in [0.5, 0.6) is 5.75 Å². The van der Waals surface area contributed by atoms with Crippen LogP contribution in [0.1, 0.15) is 22.7 Å². The molecule has 0 bridgehead atoms. The summed E-state index contributed by atoms with van der Waals surface area (Å²) in [5, 5.41) is 13.6. The number of nitrogens with one attached hydrogen (secondary N) is 1. The predicted octanol–water partition coefficient (Wildman–Crippen LogP) is 4.49. The van der Waals surface area contributed by atoms with Crippen molar-refractivity contribution in [1.29, 1.82) is 0 Å². The lowest BCUT2D eigenvalue weighted by molar-refractivity contribution is -0.121. The summed E-state index contributed by atoms with van der Waals surface area (Å²) in [7, 11) is 0. The number of carbonyl (C=O) groups is 1. The third kappa shape index (κ3) is 4.40. The van der Waals surface area contributed by atoms with Crippen LogP contribution in [-0.4, -0.2) is 11.0 Å². The lowest BCUT2D eigenvalue weighted by atomic mass is 9.98. The third-order valence-electron chi connectivity index (χ3n) is 3.98. The first kappa shape index (κ1) is 17.1. The van der Waals surface area contributed by atoms with E-state index >= 15 is 0 Å². The molecule has 0 aromatic heterocycles. The van der Waals surface area contributed by atoms with Crippen LogP contribution in [0, 0.1) is 0 Å². The van der Waals surface area contributed by atoms with E-state index in [4.69, 9.17) is 11.6 Å². The van der Waals surface area contributed by atoms with Gasteiger partial charge in [-0.2, -0.15) is 0 Å². The first-order valence-electron chi connectivity index (χ1n) is 8.00. The average Bonchev–Trinajstić information content (AvgIpc) is 2.63. The summed E-state index contributed by atoms with van der Waals surface area (Å²) in [6.45, 7) is 0. The molecule has 1 atom stereocenters. The topological polar surface area (TPSA) is 49.3 Å². The summed E-state index contributed by atoms with van der Waals surface area (Å²) in [5.74, 6) is -0.0364. The summed E-state index contributed by atoms with van der Waals surface area (Å²) in [4.78, 5) is 12.5. The zero-order valence-electron chi connectivity index (χ0n) is 13.5. The number of aromatic hydroxyl groups is 1. The van der Waals surface area contributed by atoms with Gasteiger partial charge >= 0.3 is 0 Å². The van der Waals surface area contributed by atoms with Gasteiger partial charge < -0.3 is 10.4 Å². The van der Waals surface area contributed by atoms with Crippen molar-refractivity contribution in [2.75, 3.05) is 0 Å². The van der Waals surface area contributed by atoms with Gasteiger partial charge in [-0.05, 0) is 29.3 Å². The van der Waals surface area contributed by atoms with Gasteiger partial charge in [0.05, 0.1) is 12.5 Å². The maximum atomic E-state index is 12.5. The lowest BCUT2D eigenvalue weighted by Crippen LogP contribution is -2.30. The minimum atomic E-state index is -0.281. The second kappa shape index (κ2) is 7.86. The fourth-order valence-corrected chi connectivity index (χ4v) is 2.83. The van der Waals surface area contributed by atoms with E-state index in [-0.39, 0.29) is 24.1 Å². The molecule has 1 amide bonds. The smallest absolute Gasteiger partial charge is 0.225 e. The Kier molecular flexibility index (Phi) is 5.36. The normalized spacial score (nSPS) is 11.7. The molecule has 3 nitrogen and oxygen atoms in total. The van der Waals surface area contributed by atoms with Crippen LogP contribution in [0.3, 0.4) is 0 Å². The Morgan fingerprint density at radius 2 is 1.48 bits per heavy atom. The van der Waals surface area contributed by atoms with Gasteiger partial charge in [0, 0.05) is 10.6 Å². The number of hydrogen-bond acceptors (Lipinski definition) is 2. The first-order chi connectivity index (χ1) is 12.1. The monoisotopic (exact) mass is 351 g/mol. The molecule has 0 aliphatic carbocycles. The molecular weight excluding hydrogens is 334 g/mol. The Hall–Kier alpha value is -2.78. The number of halogens is 1. The van der Waals surface area contributed by atoms with E-state index < -0.39 is 0 Å². The Balaban J connectivity index is 1.84. The van der Waals surface area contributed by atoms with E-state index in [9.17, 15) is 9.90 Å². The Morgan fingerprint density at radius 3 is 2.16 bits per heavy atom. The molecule has 0 heterocycles. The van der Waals surface area contributed by atoms with Gasteiger partial charge in [0.25, 0.3) is 0 Å². The minimum absolute atomic E-state index is 0.115. The molecule has 3 aromatic rings. The largest absolute Gasteiger partial charge is 0.508 e. The number of rotatable bonds is 5. The van der Waals surface area contributed by atoms with Crippen LogP contribution >= 0.6 is 11.6 Å². The van der Waals surface area contributed by atoms with Gasteiger partial charge in [-0.25, -0.2) is 0 Å². The highest BCUT2D eigenvalue weighted by molar-refractivity contribution is 6.30. The van der Waals surface area contributed by atoms with Crippen molar-refractivity contribution in [2.24, 2.45) is 0 Å². The Labute approximate surface area is 151 Å². The maximum absolute atomic E-state index is 12.5. The molecule has 1 unspecified atom stereocenters. The number of para-hydroxylation sites is 1. The highest BCUT2D eigenvalue weighted by atomic mass is 35.5. The first-order valence-corrected chi connectivity index (χ1v) is 8.38. The molecule has 3 rings (SSSR count). The van der Waals surface area contributed by atoms with E-state index in [1.807, 2.05) is 54.6 Å². The molecule has 0 radical (unpaired) electrons. The Bertz CT molecular complexity index is 847. The zero-order chi connectivity index (χ0) is 17.6. The quantitative estimate of drug-likeness (QED) is 0.711. The van der Waals surface area contributed by atoms with Gasteiger partial charge in [-0.15, -0.1) is 0 Å². The zero-order valence-corrected chi connectivity index (χ0v) is 14.3. The van der Waals surface area contributed by atoms with E-state index in [0.29, 0.717) is 10.6 Å². The van der Waals surface area contributed by atoms with Crippen molar-refractivity contribution in [1.82, 2.24) is 5.32 Å². The summed E-state index contributed by atoms with van der Waals surface area (Å²) in [6, 6.07) is 23.8. The van der Waals surface area contributed by atoms with Crippen LogP contribution in [0.2, 0.25) is 5.02 Å². The molecule has 0 aliphatic rings. The number of amides is 1. The standard InChI is InChI=1S/C21H18ClNO2/c22-18-12-10-16(11-13-18)21(15-6-2-1-3-7-15)23-20(25)14-17-8-4-5-9-19(17)24/h1-13,21,24H,14H2,(H,23,25). The van der Waals surface area contributed by atoms with Crippen LogP contribution < -0.4 is 5.32 Å². The van der Waals surface area contributed by atoms with E-state index in [0.717, 1.165) is 11.1 Å². The number of carbonyl (C=O) groups excluding carboxylic acids is 1. The summed E-state index contributed by atoms with van der Waals surface area (Å²) in [5.41, 5.74) is 2.53. The second-order valence-corrected chi connectivity index (χ2v) is 6.20. The van der Waals surface area contributed by atoms with Crippen LogP contribution in [0.4, 0.5) is 0 Å². The highest BCUT2D eigenvalue weighted by Gasteiger charge is 2.17. The fraction of sp³-hybridized carbons (Fsp3) is 0.0952. The second-order valence-electron chi connectivity index (χ2n) is 5.77. The fourth-order valence-electron chi connectivity index (χ4n) is 2.71. The number of phenols is 1. The molecule has 0 aliphatic heterocycles. The lowest BCUT2D eigenvalue weighted by Gasteiger charge is -2.20. The van der Waals surface area contributed by atoms with E-state index in [1.165, 1.54) is 0 Å². The molecule has 126 valence electrons. The molecular formula is C21H18ClNO2. The summed E-state index contributed by atoms with van der Waals surface area (Å²) >= 11 is 5.98. The van der Waals surface area contributed by atoms with Crippen molar-refractivity contribution in [2.45, 2.75) is 12.5 Å². The van der Waals surface area contributed by atoms with Crippen molar-refractivity contribution in [3.8, 4) is 5.75 Å². The van der Waals surface area contributed by atoms with Crippen molar-refractivity contribution < 1.29 is 9.90 Å². The van der Waals surface area contributed by atoms with Crippen LogP contribution in [-0.2, 0) is 11.2 Å². The number of hydrogen-bond donors (Lipinski definition) is 2. The Morgan fingerprint density at radius 1 is 0.880 bits per heavy atom. The highest BCUT2D eigenvalue weighted by Crippen LogP contribution is 2.24. The van der Waals surface area contributed by atoms with Crippen molar-refractivity contribution in [3.05, 3.63) is 101 Å². The average molecular weight is 352 g/mol. The maximum Gasteiger partial charge on any atom is 0.225 e. The number of phenolic OH excluding ortho intramolecular Hbond substituents is 1. The van der Waals surface area contributed by atoms with Gasteiger partial charge in [-0.1, -0.05) is 72.3 Å². The molecule has 2 N–H and O–H groups in total. The third-order valence-corrected chi connectivity index (χ3v) is 4.24. The molecule has 0 spiro atoms. The molecule has 3 aromatic carbocycles. The minimum Gasteiger partial charge on any atom is -0.508 e. The van der Waals surface area contributed by atoms with Gasteiger partial charge in [0.15, 0.2) is 0 Å². The predicted molar refractivity (Wildman–Crippen MR) is 99.7 cm³/mol. The molecule has 0 saturated heterocycles. The number of benzene rings is 3. The molecule has 4 heteroatoms. The SMILES string of the molecule is O=C(Cc1ccccc1O)NC(c1ccccc1)c1ccc(Cl)cc1. The van der Waals surface area contributed by atoms with E-state index in [2.05, 4.69) is 5.32 Å². The van der Waals surface area contributed by atoms with Gasteiger partial charge in [0.1, 0.15) is 5.75 Å². The summed E-state index contributed by atoms with van der Waals surface area (Å²) < 4.78 is 0. The molecule has 0 fully saturated rings. The van der Waals surface area contributed by atoms with Crippen LogP contribution in [0.25, 0.3) is 0 Å². The van der Waals surface area contributed by atoms with Crippen molar-refractivity contribution in [3.63, 3.8) is 0 Å². The van der Waals surface area contributed by atoms with Gasteiger partial charge in [0.2, 0.25) is 5.91 Å². The van der Waals surface area contributed by atoms with Gasteiger partial charge in [-0.3, -0.25) is 4.79 Å². The molecule has 0 saturated carbocycles. The van der Waals surface area contributed by atoms with E-state index in [1.54, 1.807) is 24.3 Å². The molecule has 25 heavy (non-hydrogen) atoms. The van der Waals surface area contributed by atoms with Crippen molar-refractivity contribution >= 4 is 17.5 Å². The van der Waals surface area contributed by atoms with Crippen LogP contribution in [0.15, 0.2) is 78.9 Å². The summed E-state index contributed by atoms with van der Waals surface area (Å²) in [6.07, 6.45) is 0.115.